The standard InChI is InChI=1S/C13H24O11/c1-13(21)11(20)9(19)10(5(3-15)24-13)23-12-8(18)7(17)6(16)4(2-14)22-12/h4-12,14-21H,2-3H2,1H3/t4?,5?,6-,7+,8?,9+,10+,11?,12-,13-/m0/s1. The summed E-state index contributed by atoms with van der Waals surface area (Å²) in [5.74, 6) is -2.14. The molecule has 0 aromatic heterocycles. The van der Waals surface area contributed by atoms with E-state index in [-0.39, 0.29) is 0 Å². The van der Waals surface area contributed by atoms with Gasteiger partial charge in [0.1, 0.15) is 48.8 Å². The van der Waals surface area contributed by atoms with Crippen LogP contribution in [0.25, 0.3) is 0 Å². The van der Waals surface area contributed by atoms with E-state index in [4.69, 9.17) is 19.3 Å². The van der Waals surface area contributed by atoms with E-state index < -0.39 is 74.1 Å². The molecule has 10 atom stereocenters. The van der Waals surface area contributed by atoms with Crippen LogP contribution in [0.2, 0.25) is 0 Å². The first-order chi connectivity index (χ1) is 11.1. The molecule has 0 bridgehead atoms. The molecule has 11 nitrogen and oxygen atoms in total. The van der Waals surface area contributed by atoms with E-state index in [1.54, 1.807) is 0 Å². The topological polar surface area (TPSA) is 190 Å². The van der Waals surface area contributed by atoms with Crippen LogP contribution in [0.5, 0.6) is 0 Å². The maximum absolute atomic E-state index is 10.1. The summed E-state index contributed by atoms with van der Waals surface area (Å²) >= 11 is 0. The quantitative estimate of drug-likeness (QED) is 0.241. The highest BCUT2D eigenvalue weighted by Gasteiger charge is 2.53. The smallest absolute Gasteiger partial charge is 0.192 e. The van der Waals surface area contributed by atoms with Crippen molar-refractivity contribution in [1.82, 2.24) is 0 Å². The van der Waals surface area contributed by atoms with E-state index in [0.717, 1.165) is 6.92 Å². The first kappa shape index (κ1) is 19.9. The molecule has 8 N–H and O–H groups in total. The Morgan fingerprint density at radius 3 is 2.00 bits per heavy atom. The van der Waals surface area contributed by atoms with Crippen molar-refractivity contribution in [2.45, 2.75) is 67.8 Å². The van der Waals surface area contributed by atoms with Crippen molar-refractivity contribution in [2.75, 3.05) is 13.2 Å². The minimum Gasteiger partial charge on any atom is -0.394 e. The Morgan fingerprint density at radius 2 is 1.46 bits per heavy atom. The molecule has 0 amide bonds. The highest BCUT2D eigenvalue weighted by Crippen LogP contribution is 2.32. The van der Waals surface area contributed by atoms with Crippen molar-refractivity contribution in [3.63, 3.8) is 0 Å². The average molecular weight is 356 g/mol. The Kier molecular flexibility index (Phi) is 6.16. The lowest BCUT2D eigenvalue weighted by atomic mass is 9.93. The van der Waals surface area contributed by atoms with E-state index in [9.17, 15) is 35.7 Å². The molecule has 2 aliphatic heterocycles. The molecule has 24 heavy (non-hydrogen) atoms. The molecule has 0 radical (unpaired) electrons. The van der Waals surface area contributed by atoms with Crippen LogP contribution in [0.1, 0.15) is 6.92 Å². The lowest BCUT2D eigenvalue weighted by Crippen LogP contribution is -2.67. The molecule has 0 aromatic carbocycles. The van der Waals surface area contributed by atoms with Gasteiger partial charge in [-0.2, -0.15) is 0 Å². The van der Waals surface area contributed by atoms with Gasteiger partial charge >= 0.3 is 0 Å². The van der Waals surface area contributed by atoms with Gasteiger partial charge < -0.3 is 55.1 Å². The largest absolute Gasteiger partial charge is 0.394 e. The zero-order chi connectivity index (χ0) is 18.2. The van der Waals surface area contributed by atoms with Crippen molar-refractivity contribution in [3.05, 3.63) is 0 Å². The molecule has 2 saturated heterocycles. The third-order valence-electron chi connectivity index (χ3n) is 4.28. The summed E-state index contributed by atoms with van der Waals surface area (Å²) in [6, 6.07) is 0. The minimum absolute atomic E-state index is 0.671. The number of hydrogen-bond donors (Lipinski definition) is 8. The van der Waals surface area contributed by atoms with Crippen LogP contribution in [0.3, 0.4) is 0 Å². The Morgan fingerprint density at radius 1 is 0.875 bits per heavy atom. The van der Waals surface area contributed by atoms with Gasteiger partial charge in [0.25, 0.3) is 0 Å². The van der Waals surface area contributed by atoms with Crippen molar-refractivity contribution in [1.29, 1.82) is 0 Å². The zero-order valence-corrected chi connectivity index (χ0v) is 12.9. The van der Waals surface area contributed by atoms with Crippen LogP contribution in [0.15, 0.2) is 0 Å². The molecule has 0 saturated carbocycles. The number of rotatable bonds is 4. The SMILES string of the molecule is C[C@]1(O)OC(CO)[C@@H](O[C@@H]2OC(CO)[C@H](O)[C@@H](O)C2O)[C@@H](O)C1O. The highest BCUT2D eigenvalue weighted by atomic mass is 16.7. The summed E-state index contributed by atoms with van der Waals surface area (Å²) < 4.78 is 15.5. The first-order valence-corrected chi connectivity index (χ1v) is 7.47. The van der Waals surface area contributed by atoms with Gasteiger partial charge in [0, 0.05) is 0 Å². The van der Waals surface area contributed by atoms with Crippen LogP contribution in [-0.2, 0) is 14.2 Å². The summed E-state index contributed by atoms with van der Waals surface area (Å²) in [6.07, 6.45) is -14.0. The second-order valence-electron chi connectivity index (χ2n) is 6.13. The maximum Gasteiger partial charge on any atom is 0.192 e. The summed E-state index contributed by atoms with van der Waals surface area (Å²) in [6.45, 7) is -0.273. The molecule has 4 unspecified atom stereocenters. The Balaban J connectivity index is 2.15. The van der Waals surface area contributed by atoms with E-state index in [1.165, 1.54) is 0 Å². The van der Waals surface area contributed by atoms with Gasteiger partial charge in [-0.25, -0.2) is 0 Å². The molecular formula is C13H24O11. The van der Waals surface area contributed by atoms with Gasteiger partial charge in [0.15, 0.2) is 12.1 Å². The van der Waals surface area contributed by atoms with Crippen LogP contribution in [0.4, 0.5) is 0 Å². The van der Waals surface area contributed by atoms with E-state index in [0.29, 0.717) is 0 Å². The van der Waals surface area contributed by atoms with Crippen molar-refractivity contribution in [3.8, 4) is 0 Å². The van der Waals surface area contributed by atoms with E-state index in [2.05, 4.69) is 0 Å². The predicted molar refractivity (Wildman–Crippen MR) is 73.2 cm³/mol. The van der Waals surface area contributed by atoms with Gasteiger partial charge in [-0.05, 0) is 6.92 Å². The van der Waals surface area contributed by atoms with Crippen LogP contribution in [-0.4, -0.2) is 115 Å². The van der Waals surface area contributed by atoms with Gasteiger partial charge in [-0.3, -0.25) is 0 Å². The summed E-state index contributed by atoms with van der Waals surface area (Å²) in [5.41, 5.74) is 0. The molecule has 2 fully saturated rings. The van der Waals surface area contributed by atoms with Crippen molar-refractivity contribution < 1.29 is 55.1 Å². The Hall–Kier alpha value is -0.440. The Bertz CT molecular complexity index is 415. The molecule has 2 heterocycles. The predicted octanol–water partition coefficient (Wildman–Crippen LogP) is -5.01. The first-order valence-electron chi connectivity index (χ1n) is 7.47. The van der Waals surface area contributed by atoms with Gasteiger partial charge in [-0.1, -0.05) is 0 Å². The summed E-state index contributed by atoms with van der Waals surface area (Å²) in [7, 11) is 0. The third-order valence-corrected chi connectivity index (χ3v) is 4.28. The van der Waals surface area contributed by atoms with Crippen LogP contribution in [0, 0.1) is 0 Å². The summed E-state index contributed by atoms with van der Waals surface area (Å²) in [4.78, 5) is 0. The lowest BCUT2D eigenvalue weighted by Gasteiger charge is -2.48. The maximum atomic E-state index is 10.1. The molecule has 0 spiro atoms. The molecule has 2 aliphatic rings. The monoisotopic (exact) mass is 356 g/mol. The second-order valence-corrected chi connectivity index (χ2v) is 6.13. The van der Waals surface area contributed by atoms with Crippen molar-refractivity contribution in [2.24, 2.45) is 0 Å². The fraction of sp³-hybridized carbons (Fsp3) is 1.00. The average Bonchev–Trinajstić information content (AvgIpc) is 2.55. The number of aliphatic hydroxyl groups is 8. The highest BCUT2D eigenvalue weighted by molar-refractivity contribution is 4.96. The molecule has 0 aromatic rings. The molecular weight excluding hydrogens is 332 g/mol. The van der Waals surface area contributed by atoms with E-state index in [1.807, 2.05) is 0 Å². The molecule has 2 rings (SSSR count). The van der Waals surface area contributed by atoms with Gasteiger partial charge in [0.2, 0.25) is 0 Å². The minimum atomic E-state index is -2.14. The van der Waals surface area contributed by atoms with Crippen LogP contribution >= 0.6 is 0 Å². The normalized spacial score (nSPS) is 53.1. The third kappa shape index (κ3) is 3.57. The lowest BCUT2D eigenvalue weighted by molar-refractivity contribution is -0.378. The second kappa shape index (κ2) is 7.43. The number of aliphatic hydroxyl groups excluding tert-OH is 7. The summed E-state index contributed by atoms with van der Waals surface area (Å²) in [5, 5.41) is 77.7. The fourth-order valence-electron chi connectivity index (χ4n) is 2.80. The number of hydrogen-bond acceptors (Lipinski definition) is 11. The molecule has 11 heteroatoms. The zero-order valence-electron chi connectivity index (χ0n) is 12.9. The van der Waals surface area contributed by atoms with Crippen LogP contribution < -0.4 is 0 Å². The van der Waals surface area contributed by atoms with E-state index >= 15 is 0 Å². The van der Waals surface area contributed by atoms with Gasteiger partial charge in [-0.15, -0.1) is 0 Å². The van der Waals surface area contributed by atoms with Crippen molar-refractivity contribution >= 4 is 0 Å². The Labute approximate surface area is 137 Å². The molecule has 0 aliphatic carbocycles. The molecule has 142 valence electrons. The number of ether oxygens (including phenoxy) is 3. The van der Waals surface area contributed by atoms with Gasteiger partial charge in [0.05, 0.1) is 13.2 Å². The fourth-order valence-corrected chi connectivity index (χ4v) is 2.80.